The third kappa shape index (κ3) is 7.39. The van der Waals surface area contributed by atoms with Crippen LogP contribution >= 0.6 is 0 Å². The topological polar surface area (TPSA) is 41.5 Å². The predicted molar refractivity (Wildman–Crippen MR) is 97.4 cm³/mol. The zero-order chi connectivity index (χ0) is 17.0. The number of nitrogens with zero attached hydrogens (tertiary/aromatic N) is 1. The molecule has 0 bridgehead atoms. The number of nitrogens with one attached hydrogen (secondary N) is 1. The first-order valence-electron chi connectivity index (χ1n) is 8.23. The molecule has 1 unspecified atom stereocenters. The minimum Gasteiger partial charge on any atom is -0.388 e. The fourth-order valence-corrected chi connectivity index (χ4v) is 2.50. The first-order chi connectivity index (χ1) is 10.5. The van der Waals surface area contributed by atoms with Gasteiger partial charge in [-0.3, -0.25) is 4.99 Å². The van der Waals surface area contributed by atoms with Crippen LogP contribution in [0.4, 0.5) is 0 Å². The summed E-state index contributed by atoms with van der Waals surface area (Å²) < 4.78 is 0. The number of carbonyl (C=O) groups excluding carboxylic acids is 1. The zero-order valence-electron chi connectivity index (χ0n) is 14.9. The van der Waals surface area contributed by atoms with E-state index in [1.165, 1.54) is 11.3 Å². The Morgan fingerprint density at radius 3 is 2.41 bits per heavy atom. The van der Waals surface area contributed by atoms with Crippen LogP contribution in [0.25, 0.3) is 0 Å². The van der Waals surface area contributed by atoms with E-state index < -0.39 is 0 Å². The van der Waals surface area contributed by atoms with Gasteiger partial charge in [-0.2, -0.15) is 0 Å². The van der Waals surface area contributed by atoms with E-state index in [1.54, 1.807) is 13.0 Å². The molecule has 0 aliphatic rings. The van der Waals surface area contributed by atoms with Gasteiger partial charge in [-0.25, -0.2) is 0 Å². The Morgan fingerprint density at radius 2 is 1.95 bits per heavy atom. The molecule has 3 nitrogen and oxygen atoms in total. The second-order valence-electron chi connectivity index (χ2n) is 5.45. The molecule has 1 N–H and O–H groups in total. The molecule has 0 heterocycles. The van der Waals surface area contributed by atoms with Crippen molar-refractivity contribution in [2.24, 2.45) is 10.9 Å². The molecule has 1 atom stereocenters. The Kier molecular flexibility index (Phi) is 11.1. The van der Waals surface area contributed by atoms with Gasteiger partial charge in [0, 0.05) is 37.3 Å². The first kappa shape index (κ1) is 20.4. The first-order valence-corrected chi connectivity index (χ1v) is 8.23. The molecular weight excluding hydrogens is 272 g/mol. The van der Waals surface area contributed by atoms with Crippen LogP contribution in [0.1, 0.15) is 53.4 Å². The van der Waals surface area contributed by atoms with Crippen molar-refractivity contribution >= 4 is 11.5 Å². The third-order valence-electron chi connectivity index (χ3n) is 3.50. The second-order valence-corrected chi connectivity index (χ2v) is 5.45. The van der Waals surface area contributed by atoms with Crippen molar-refractivity contribution < 1.29 is 4.79 Å². The largest absolute Gasteiger partial charge is 0.388 e. The molecule has 0 radical (unpaired) electrons. The van der Waals surface area contributed by atoms with E-state index in [-0.39, 0.29) is 11.7 Å². The van der Waals surface area contributed by atoms with Crippen molar-refractivity contribution in [3.05, 3.63) is 36.1 Å². The van der Waals surface area contributed by atoms with Crippen molar-refractivity contribution in [3.8, 4) is 0 Å². The van der Waals surface area contributed by atoms with Gasteiger partial charge < -0.3 is 10.1 Å². The Morgan fingerprint density at radius 1 is 1.27 bits per heavy atom. The van der Waals surface area contributed by atoms with E-state index in [4.69, 9.17) is 0 Å². The van der Waals surface area contributed by atoms with Gasteiger partial charge in [0.15, 0.2) is 0 Å². The zero-order valence-corrected chi connectivity index (χ0v) is 14.9. The number of aliphatic imine (C=N–C) groups is 1. The Balaban J connectivity index is 5.71. The number of allylic oxidation sites excluding steroid dienone is 5. The molecule has 0 saturated carbocycles. The fourth-order valence-electron chi connectivity index (χ4n) is 2.50. The number of carbonyl (C=O) groups is 1. The van der Waals surface area contributed by atoms with Crippen LogP contribution in [-0.4, -0.2) is 25.1 Å². The van der Waals surface area contributed by atoms with Crippen LogP contribution in [0.5, 0.6) is 0 Å². The van der Waals surface area contributed by atoms with Gasteiger partial charge in [0.2, 0.25) is 0 Å². The maximum absolute atomic E-state index is 11.3. The maximum Gasteiger partial charge on any atom is 0.130 e. The molecular formula is C19H32N2O. The molecule has 0 aromatic carbocycles. The molecule has 0 amide bonds. The summed E-state index contributed by atoms with van der Waals surface area (Å²) >= 11 is 0. The van der Waals surface area contributed by atoms with Gasteiger partial charge in [0.25, 0.3) is 0 Å². The van der Waals surface area contributed by atoms with Crippen LogP contribution in [-0.2, 0) is 4.79 Å². The molecule has 0 aliphatic carbocycles. The maximum atomic E-state index is 11.3. The smallest absolute Gasteiger partial charge is 0.130 e. The molecule has 22 heavy (non-hydrogen) atoms. The van der Waals surface area contributed by atoms with E-state index >= 15 is 0 Å². The number of ketones is 1. The lowest BCUT2D eigenvalue weighted by molar-refractivity contribution is -0.116. The number of hydrogen-bond donors (Lipinski definition) is 1. The van der Waals surface area contributed by atoms with Crippen LogP contribution in [0.2, 0.25) is 0 Å². The van der Waals surface area contributed by atoms with E-state index in [0.29, 0.717) is 12.8 Å². The number of Topliss-reactive ketones (excluding diaryl/α,β-unsaturated/α-hetero) is 1. The average Bonchev–Trinajstić information content (AvgIpc) is 2.48. The van der Waals surface area contributed by atoms with E-state index in [0.717, 1.165) is 25.1 Å². The summed E-state index contributed by atoms with van der Waals surface area (Å²) in [5, 5.41) is 3.50. The van der Waals surface area contributed by atoms with Crippen LogP contribution in [0.15, 0.2) is 41.1 Å². The molecule has 124 valence electrons. The summed E-state index contributed by atoms with van der Waals surface area (Å²) in [4.78, 5) is 15.8. The van der Waals surface area contributed by atoms with Gasteiger partial charge in [0.05, 0.1) is 0 Å². The molecule has 0 saturated heterocycles. The van der Waals surface area contributed by atoms with Crippen molar-refractivity contribution in [2.75, 3.05) is 13.6 Å². The van der Waals surface area contributed by atoms with Gasteiger partial charge in [-0.05, 0) is 32.3 Å². The van der Waals surface area contributed by atoms with Crippen molar-refractivity contribution in [2.45, 2.75) is 53.4 Å². The monoisotopic (exact) mass is 304 g/mol. The molecule has 0 aliphatic heterocycles. The molecule has 0 spiro atoms. The lowest BCUT2D eigenvalue weighted by Crippen LogP contribution is -2.22. The van der Waals surface area contributed by atoms with Crippen molar-refractivity contribution in [1.29, 1.82) is 0 Å². The Hall–Kier alpha value is -1.64. The standard InChI is InChI=1S/C19H32N2O/c1-7-10-12-15(4)19(18(11-8-2)21-9-3)17(20-6)14-13-16(5)22/h7,10,12,15,21H,1,8-9,11,13-14H2,2-6H3/b12-10?,19-18-,20-17?. The van der Waals surface area contributed by atoms with Gasteiger partial charge >= 0.3 is 0 Å². The lowest BCUT2D eigenvalue weighted by atomic mass is 9.89. The molecule has 3 heteroatoms. The van der Waals surface area contributed by atoms with Crippen molar-refractivity contribution in [3.63, 3.8) is 0 Å². The minimum atomic E-state index is 0.204. The van der Waals surface area contributed by atoms with Crippen LogP contribution < -0.4 is 5.32 Å². The summed E-state index contributed by atoms with van der Waals surface area (Å²) in [5.41, 5.74) is 3.50. The Bertz CT molecular complexity index is 436. The highest BCUT2D eigenvalue weighted by Gasteiger charge is 2.17. The summed E-state index contributed by atoms with van der Waals surface area (Å²) in [6.45, 7) is 12.7. The highest BCUT2D eigenvalue weighted by molar-refractivity contribution is 6.02. The van der Waals surface area contributed by atoms with Gasteiger partial charge in [0.1, 0.15) is 5.78 Å². The minimum absolute atomic E-state index is 0.204. The van der Waals surface area contributed by atoms with E-state index in [9.17, 15) is 4.79 Å². The summed E-state index contributed by atoms with van der Waals surface area (Å²) in [5.74, 6) is 0.444. The normalized spacial score (nSPS) is 14.7. The van der Waals surface area contributed by atoms with E-state index in [1.807, 2.05) is 13.1 Å². The highest BCUT2D eigenvalue weighted by Crippen LogP contribution is 2.23. The molecule has 0 fully saturated rings. The fraction of sp³-hybridized carbons (Fsp3) is 0.579. The second kappa shape index (κ2) is 12.0. The molecule has 0 rings (SSSR count). The number of rotatable bonds is 11. The average molecular weight is 304 g/mol. The quantitative estimate of drug-likeness (QED) is 0.452. The van der Waals surface area contributed by atoms with Gasteiger partial charge in [-0.1, -0.05) is 45.1 Å². The Labute approximate surface area is 136 Å². The highest BCUT2D eigenvalue weighted by atomic mass is 16.1. The van der Waals surface area contributed by atoms with Crippen molar-refractivity contribution in [1.82, 2.24) is 5.32 Å². The molecule has 0 aromatic rings. The molecule has 0 aromatic heterocycles. The van der Waals surface area contributed by atoms with Gasteiger partial charge in [-0.15, -0.1) is 0 Å². The summed E-state index contributed by atoms with van der Waals surface area (Å²) in [6, 6.07) is 0. The summed E-state index contributed by atoms with van der Waals surface area (Å²) in [6.07, 6.45) is 9.21. The van der Waals surface area contributed by atoms with Crippen LogP contribution in [0.3, 0.4) is 0 Å². The SMILES string of the molecule is C=CC=CC(C)/C(C(CCC(C)=O)=NC)=C(\CCC)NCC. The third-order valence-corrected chi connectivity index (χ3v) is 3.50. The lowest BCUT2D eigenvalue weighted by Gasteiger charge is -2.21. The van der Waals surface area contributed by atoms with E-state index in [2.05, 4.69) is 43.7 Å². The summed E-state index contributed by atoms with van der Waals surface area (Å²) in [7, 11) is 1.81. The van der Waals surface area contributed by atoms with Crippen LogP contribution in [0, 0.1) is 5.92 Å². The predicted octanol–water partition coefficient (Wildman–Crippen LogP) is 4.47. The number of hydrogen-bond acceptors (Lipinski definition) is 3.